The first-order valence-corrected chi connectivity index (χ1v) is 7.69. The average molecular weight is 305 g/mol. The van der Waals surface area contributed by atoms with Crippen molar-refractivity contribution in [1.82, 2.24) is 5.32 Å². The third-order valence-electron chi connectivity index (χ3n) is 4.01. The quantitative estimate of drug-likeness (QED) is 0.883. The lowest BCUT2D eigenvalue weighted by atomic mass is 9.91. The molecule has 0 spiro atoms. The fourth-order valence-corrected chi connectivity index (χ4v) is 3.60. The number of halogens is 1. The predicted octanol–water partition coefficient (Wildman–Crippen LogP) is 2.99. The summed E-state index contributed by atoms with van der Waals surface area (Å²) in [6, 6.07) is 8.86. The van der Waals surface area contributed by atoms with Crippen LogP contribution in [0.15, 0.2) is 35.7 Å². The van der Waals surface area contributed by atoms with E-state index in [1.165, 1.54) is 13.2 Å². The number of fused-ring (bicyclic) bond motifs is 1. The van der Waals surface area contributed by atoms with Crippen molar-refractivity contribution in [3.05, 3.63) is 57.5 Å². The van der Waals surface area contributed by atoms with Crippen LogP contribution in [-0.4, -0.2) is 13.1 Å². The largest absolute Gasteiger partial charge is 0.467 e. The maximum Gasteiger partial charge on any atom is 0.330 e. The molecule has 0 saturated heterocycles. The van der Waals surface area contributed by atoms with Crippen molar-refractivity contribution in [3.8, 4) is 0 Å². The lowest BCUT2D eigenvalue weighted by Crippen LogP contribution is -2.47. The number of rotatable bonds is 4. The Hall–Kier alpha value is -1.72. The van der Waals surface area contributed by atoms with Gasteiger partial charge in [0.1, 0.15) is 11.4 Å². The van der Waals surface area contributed by atoms with Gasteiger partial charge in [0.2, 0.25) is 0 Å². The Labute approximate surface area is 126 Å². The van der Waals surface area contributed by atoms with Crippen molar-refractivity contribution in [2.75, 3.05) is 7.11 Å². The summed E-state index contributed by atoms with van der Waals surface area (Å²) < 4.78 is 18.9. The van der Waals surface area contributed by atoms with E-state index in [0.717, 1.165) is 4.88 Å². The molecule has 1 aromatic heterocycles. The third-order valence-corrected chi connectivity index (χ3v) is 4.88. The number of ether oxygens (including phenoxy) is 1. The molecule has 0 bridgehead atoms. The number of methoxy groups -OCH3 is 1. The minimum atomic E-state index is -0.948. The molecule has 2 aromatic rings. The summed E-state index contributed by atoms with van der Waals surface area (Å²) in [6.45, 7) is 0.558. The van der Waals surface area contributed by atoms with E-state index in [4.69, 9.17) is 4.74 Å². The molecule has 0 fully saturated rings. The zero-order chi connectivity index (χ0) is 14.9. The molecule has 1 heterocycles. The van der Waals surface area contributed by atoms with Gasteiger partial charge in [-0.1, -0.05) is 18.2 Å². The van der Waals surface area contributed by atoms with E-state index in [-0.39, 0.29) is 11.8 Å². The van der Waals surface area contributed by atoms with Gasteiger partial charge in [-0.05, 0) is 41.5 Å². The van der Waals surface area contributed by atoms with Crippen molar-refractivity contribution in [1.29, 1.82) is 0 Å². The van der Waals surface area contributed by atoms with E-state index in [0.29, 0.717) is 30.5 Å². The van der Waals surface area contributed by atoms with Gasteiger partial charge in [0.15, 0.2) is 0 Å². The summed E-state index contributed by atoms with van der Waals surface area (Å²) >= 11 is 1.62. The summed E-state index contributed by atoms with van der Waals surface area (Å²) in [4.78, 5) is 13.5. The Morgan fingerprint density at radius 3 is 3.00 bits per heavy atom. The van der Waals surface area contributed by atoms with Crippen molar-refractivity contribution >= 4 is 17.3 Å². The van der Waals surface area contributed by atoms with Crippen LogP contribution in [0.4, 0.5) is 4.39 Å². The van der Waals surface area contributed by atoms with Crippen molar-refractivity contribution in [2.45, 2.75) is 24.9 Å². The summed E-state index contributed by atoms with van der Waals surface area (Å²) in [6.07, 6.45) is 1.05. The average Bonchev–Trinajstić information content (AvgIpc) is 3.13. The van der Waals surface area contributed by atoms with Crippen LogP contribution >= 0.6 is 11.3 Å². The van der Waals surface area contributed by atoms with Gasteiger partial charge < -0.3 is 4.74 Å². The van der Waals surface area contributed by atoms with Crippen LogP contribution in [0.25, 0.3) is 0 Å². The fraction of sp³-hybridized carbons (Fsp3) is 0.312. The number of hydrogen-bond donors (Lipinski definition) is 1. The molecule has 0 amide bonds. The molecule has 1 aliphatic carbocycles. The van der Waals surface area contributed by atoms with E-state index in [1.807, 2.05) is 23.6 Å². The highest BCUT2D eigenvalue weighted by atomic mass is 32.1. The van der Waals surface area contributed by atoms with Gasteiger partial charge in [-0.3, -0.25) is 5.32 Å². The Kier molecular flexibility index (Phi) is 3.78. The molecule has 1 N–H and O–H groups in total. The van der Waals surface area contributed by atoms with E-state index in [1.54, 1.807) is 17.4 Å². The molecule has 3 nitrogen and oxygen atoms in total. The molecular weight excluding hydrogens is 289 g/mol. The predicted molar refractivity (Wildman–Crippen MR) is 79.6 cm³/mol. The van der Waals surface area contributed by atoms with Gasteiger partial charge in [0.05, 0.1) is 7.11 Å². The van der Waals surface area contributed by atoms with E-state index in [9.17, 15) is 9.18 Å². The van der Waals surface area contributed by atoms with E-state index >= 15 is 0 Å². The highest BCUT2D eigenvalue weighted by Crippen LogP contribution is 2.39. The number of thiophene rings is 1. The maximum atomic E-state index is 13.9. The molecule has 1 aliphatic rings. The molecular formula is C16H16FNO2S. The normalized spacial score (nSPS) is 20.3. The van der Waals surface area contributed by atoms with Gasteiger partial charge >= 0.3 is 5.97 Å². The third kappa shape index (κ3) is 2.36. The minimum Gasteiger partial charge on any atom is -0.467 e. The molecule has 21 heavy (non-hydrogen) atoms. The molecule has 1 unspecified atom stereocenters. The molecule has 0 saturated carbocycles. The number of benzene rings is 1. The van der Waals surface area contributed by atoms with Crippen LogP contribution in [0, 0.1) is 5.82 Å². The topological polar surface area (TPSA) is 38.3 Å². The standard InChI is InChI=1S/C16H16FNO2S/c1-20-15(19)16(18-10-11-4-3-9-21-11)8-7-12-13(16)5-2-6-14(12)17/h2-6,9,18H,7-8,10H2,1H3. The van der Waals surface area contributed by atoms with Crippen molar-refractivity contribution in [2.24, 2.45) is 0 Å². The van der Waals surface area contributed by atoms with Crippen LogP contribution in [0.2, 0.25) is 0 Å². The van der Waals surface area contributed by atoms with Crippen LogP contribution in [0.5, 0.6) is 0 Å². The van der Waals surface area contributed by atoms with Gasteiger partial charge in [0.25, 0.3) is 0 Å². The zero-order valence-corrected chi connectivity index (χ0v) is 12.5. The number of carbonyl (C=O) groups excluding carboxylic acids is 1. The Balaban J connectivity index is 1.97. The van der Waals surface area contributed by atoms with Crippen molar-refractivity contribution < 1.29 is 13.9 Å². The molecule has 1 aromatic carbocycles. The fourth-order valence-electron chi connectivity index (χ4n) is 2.95. The Morgan fingerprint density at radius 1 is 1.43 bits per heavy atom. The van der Waals surface area contributed by atoms with E-state index < -0.39 is 5.54 Å². The summed E-state index contributed by atoms with van der Waals surface area (Å²) in [7, 11) is 1.37. The highest BCUT2D eigenvalue weighted by molar-refractivity contribution is 7.09. The lowest BCUT2D eigenvalue weighted by molar-refractivity contribution is -0.149. The molecule has 110 valence electrons. The first-order chi connectivity index (χ1) is 10.2. The Bertz CT molecular complexity index is 656. The second-order valence-corrected chi connectivity index (χ2v) is 6.13. The minimum absolute atomic E-state index is 0.254. The van der Waals surface area contributed by atoms with Crippen molar-refractivity contribution in [3.63, 3.8) is 0 Å². The highest BCUT2D eigenvalue weighted by Gasteiger charge is 2.47. The van der Waals surface area contributed by atoms with Gasteiger partial charge in [-0.25, -0.2) is 9.18 Å². The van der Waals surface area contributed by atoms with E-state index in [2.05, 4.69) is 5.32 Å². The number of nitrogens with one attached hydrogen (secondary N) is 1. The lowest BCUT2D eigenvalue weighted by Gasteiger charge is -2.28. The molecule has 3 rings (SSSR count). The van der Waals surface area contributed by atoms with Gasteiger partial charge in [-0.2, -0.15) is 0 Å². The van der Waals surface area contributed by atoms with Crippen LogP contribution in [0.3, 0.4) is 0 Å². The van der Waals surface area contributed by atoms with Crippen LogP contribution < -0.4 is 5.32 Å². The van der Waals surface area contributed by atoms with Gasteiger partial charge in [0, 0.05) is 11.4 Å². The second-order valence-electron chi connectivity index (χ2n) is 5.10. The number of hydrogen-bond acceptors (Lipinski definition) is 4. The summed E-state index contributed by atoms with van der Waals surface area (Å²) in [5.41, 5.74) is 0.364. The summed E-state index contributed by atoms with van der Waals surface area (Å²) in [5, 5.41) is 5.29. The second kappa shape index (κ2) is 5.58. The zero-order valence-electron chi connectivity index (χ0n) is 11.7. The molecule has 1 atom stereocenters. The summed E-state index contributed by atoms with van der Waals surface area (Å²) in [5.74, 6) is -0.611. The Morgan fingerprint density at radius 2 is 2.29 bits per heavy atom. The molecule has 0 radical (unpaired) electrons. The monoisotopic (exact) mass is 305 g/mol. The van der Waals surface area contributed by atoms with Gasteiger partial charge in [-0.15, -0.1) is 11.3 Å². The van der Waals surface area contributed by atoms with Crippen LogP contribution in [-0.2, 0) is 28.0 Å². The number of esters is 1. The van der Waals surface area contributed by atoms with Crippen LogP contribution in [0.1, 0.15) is 22.4 Å². The first kappa shape index (κ1) is 14.2. The number of carbonyl (C=O) groups is 1. The SMILES string of the molecule is COC(=O)C1(NCc2cccs2)CCc2c(F)cccc21. The maximum absolute atomic E-state index is 13.9. The molecule has 5 heteroatoms. The smallest absolute Gasteiger partial charge is 0.330 e. The molecule has 0 aliphatic heterocycles. The first-order valence-electron chi connectivity index (χ1n) is 6.81.